The molecule has 24 heavy (non-hydrogen) atoms. The van der Waals surface area contributed by atoms with Crippen molar-refractivity contribution in [3.05, 3.63) is 108 Å². The molecule has 0 saturated carbocycles. The van der Waals surface area contributed by atoms with Gasteiger partial charge in [-0.1, -0.05) is 97.1 Å². The first-order valence-corrected chi connectivity index (χ1v) is 8.05. The topological polar surface area (TPSA) is 17.1 Å². The van der Waals surface area contributed by atoms with Crippen molar-refractivity contribution >= 4 is 5.78 Å². The molecule has 0 heterocycles. The molecule has 0 amide bonds. The first kappa shape index (κ1) is 17.4. The summed E-state index contributed by atoms with van der Waals surface area (Å²) in [6.07, 6.45) is 1.83. The number of benzene rings is 3. The van der Waals surface area contributed by atoms with Gasteiger partial charge in [-0.3, -0.25) is 4.79 Å². The molecule has 0 atom stereocenters. The second-order valence-electron chi connectivity index (χ2n) is 5.40. The van der Waals surface area contributed by atoms with Crippen LogP contribution in [0, 0.1) is 0 Å². The van der Waals surface area contributed by atoms with Gasteiger partial charge < -0.3 is 0 Å². The molecule has 0 aromatic heterocycles. The Labute approximate surface area is 144 Å². The van der Waals surface area contributed by atoms with Crippen molar-refractivity contribution in [3.8, 4) is 11.1 Å². The summed E-state index contributed by atoms with van der Waals surface area (Å²) in [7, 11) is 0. The van der Waals surface area contributed by atoms with Crippen LogP contribution in [-0.2, 0) is 0 Å². The van der Waals surface area contributed by atoms with E-state index < -0.39 is 0 Å². The highest BCUT2D eigenvalue weighted by atomic mass is 16.1. The first-order chi connectivity index (χ1) is 11.7. The number of allylic oxidation sites excluding steroid dienone is 2. The maximum absolute atomic E-state index is 11.5. The van der Waals surface area contributed by atoms with Crippen LogP contribution in [0.3, 0.4) is 0 Å². The van der Waals surface area contributed by atoms with Gasteiger partial charge in [-0.2, -0.15) is 0 Å². The van der Waals surface area contributed by atoms with E-state index in [1.165, 1.54) is 11.1 Å². The molecule has 0 aliphatic heterocycles. The second kappa shape index (κ2) is 9.26. The number of carbonyl (C=O) groups excluding carboxylic acids is 1. The molecular formula is C23H22O. The van der Waals surface area contributed by atoms with Crippen molar-refractivity contribution in [2.45, 2.75) is 13.8 Å². The fourth-order valence-corrected chi connectivity index (χ4v) is 2.21. The molecule has 0 fully saturated rings. The third-order valence-corrected chi connectivity index (χ3v) is 3.71. The van der Waals surface area contributed by atoms with E-state index in [1.807, 2.05) is 62.4 Å². The van der Waals surface area contributed by atoms with Crippen LogP contribution >= 0.6 is 0 Å². The Balaban J connectivity index is 0.000000174. The van der Waals surface area contributed by atoms with Crippen LogP contribution in [0.25, 0.3) is 11.1 Å². The second-order valence-corrected chi connectivity index (χ2v) is 5.40. The van der Waals surface area contributed by atoms with Gasteiger partial charge >= 0.3 is 0 Å². The highest BCUT2D eigenvalue weighted by Crippen LogP contribution is 2.17. The molecule has 1 nitrogen and oxygen atoms in total. The average molecular weight is 314 g/mol. The summed E-state index contributed by atoms with van der Waals surface area (Å²) < 4.78 is 0. The number of hydrogen-bond acceptors (Lipinski definition) is 1. The summed E-state index contributed by atoms with van der Waals surface area (Å²) in [5.41, 5.74) is 4.10. The van der Waals surface area contributed by atoms with Gasteiger partial charge in [-0.05, 0) is 30.5 Å². The largest absolute Gasteiger partial charge is 0.289 e. The zero-order valence-corrected chi connectivity index (χ0v) is 14.1. The molecule has 0 unspecified atom stereocenters. The van der Waals surface area contributed by atoms with Gasteiger partial charge in [0.15, 0.2) is 5.78 Å². The molecule has 1 heteroatoms. The zero-order chi connectivity index (χ0) is 17.2. The Bertz CT molecular complexity index is 735. The van der Waals surface area contributed by atoms with Gasteiger partial charge in [0.25, 0.3) is 0 Å². The van der Waals surface area contributed by atoms with Crippen LogP contribution in [0.1, 0.15) is 24.2 Å². The van der Waals surface area contributed by atoms with Gasteiger partial charge in [-0.15, -0.1) is 0 Å². The zero-order valence-electron chi connectivity index (χ0n) is 14.1. The lowest BCUT2D eigenvalue weighted by Gasteiger charge is -1.98. The van der Waals surface area contributed by atoms with Crippen molar-refractivity contribution in [2.75, 3.05) is 0 Å². The van der Waals surface area contributed by atoms with Crippen LogP contribution in [0.2, 0.25) is 0 Å². The normalized spacial score (nSPS) is 10.5. The summed E-state index contributed by atoms with van der Waals surface area (Å²) in [5.74, 6) is 0.109. The monoisotopic (exact) mass is 314 g/mol. The fraction of sp³-hybridized carbons (Fsp3) is 0.0870. The highest BCUT2D eigenvalue weighted by Gasteiger charge is 2.04. The smallest absolute Gasteiger partial charge is 0.188 e. The van der Waals surface area contributed by atoms with E-state index in [1.54, 1.807) is 0 Å². The standard InChI is InChI=1S/C12H10.C11H12O/c1-3-7-11(8-4-1)12-9-5-2-6-10-12;1-3-9(2)11(12)10-7-5-4-6-8-10/h1-10H;3-8H,1-2H3. The van der Waals surface area contributed by atoms with E-state index in [9.17, 15) is 4.79 Å². The third kappa shape index (κ3) is 5.06. The molecule has 0 saturated heterocycles. The molecule has 0 spiro atoms. The van der Waals surface area contributed by atoms with Gasteiger partial charge in [0, 0.05) is 5.56 Å². The van der Waals surface area contributed by atoms with Crippen molar-refractivity contribution in [1.29, 1.82) is 0 Å². The van der Waals surface area contributed by atoms with E-state index in [2.05, 4.69) is 48.5 Å². The van der Waals surface area contributed by atoms with Crippen molar-refractivity contribution < 1.29 is 4.79 Å². The predicted molar refractivity (Wildman–Crippen MR) is 102 cm³/mol. The van der Waals surface area contributed by atoms with Crippen molar-refractivity contribution in [2.24, 2.45) is 0 Å². The Hall–Kier alpha value is -2.93. The number of hydrogen-bond donors (Lipinski definition) is 0. The summed E-state index contributed by atoms with van der Waals surface area (Å²) in [4.78, 5) is 11.5. The minimum atomic E-state index is 0.109. The fourth-order valence-electron chi connectivity index (χ4n) is 2.21. The average Bonchev–Trinajstić information content (AvgIpc) is 2.69. The van der Waals surface area contributed by atoms with E-state index in [0.717, 1.165) is 11.1 Å². The summed E-state index contributed by atoms with van der Waals surface area (Å²) in [6.45, 7) is 3.70. The minimum Gasteiger partial charge on any atom is -0.289 e. The van der Waals surface area contributed by atoms with E-state index in [-0.39, 0.29) is 5.78 Å². The van der Waals surface area contributed by atoms with Crippen LogP contribution in [0.15, 0.2) is 103 Å². The van der Waals surface area contributed by atoms with Crippen molar-refractivity contribution in [3.63, 3.8) is 0 Å². The van der Waals surface area contributed by atoms with Crippen LogP contribution in [-0.4, -0.2) is 5.78 Å². The molecule has 0 N–H and O–H groups in total. The number of ketones is 1. The maximum Gasteiger partial charge on any atom is 0.188 e. The molecule has 3 rings (SSSR count). The summed E-state index contributed by atoms with van der Waals surface area (Å²) in [6, 6.07) is 30.1. The molecule has 3 aromatic carbocycles. The number of rotatable bonds is 3. The van der Waals surface area contributed by atoms with Crippen LogP contribution in [0.4, 0.5) is 0 Å². The molecule has 0 aliphatic rings. The maximum atomic E-state index is 11.5. The molecule has 0 aliphatic carbocycles. The molecular weight excluding hydrogens is 292 g/mol. The van der Waals surface area contributed by atoms with E-state index in [0.29, 0.717) is 0 Å². The SMILES string of the molecule is CC=C(C)C(=O)c1ccccc1.c1ccc(-c2ccccc2)cc1. The minimum absolute atomic E-state index is 0.109. The molecule has 0 bridgehead atoms. The predicted octanol–water partition coefficient (Wildman–Crippen LogP) is 6.19. The lowest BCUT2D eigenvalue weighted by Crippen LogP contribution is -1.99. The van der Waals surface area contributed by atoms with Crippen LogP contribution < -0.4 is 0 Å². The van der Waals surface area contributed by atoms with Gasteiger partial charge in [0.1, 0.15) is 0 Å². The Morgan fingerprint density at radius 3 is 1.42 bits per heavy atom. The third-order valence-electron chi connectivity index (χ3n) is 3.71. The summed E-state index contributed by atoms with van der Waals surface area (Å²) in [5, 5.41) is 0. The lowest BCUT2D eigenvalue weighted by atomic mass is 10.1. The molecule has 120 valence electrons. The van der Waals surface area contributed by atoms with E-state index >= 15 is 0 Å². The Morgan fingerprint density at radius 2 is 1.04 bits per heavy atom. The van der Waals surface area contributed by atoms with Gasteiger partial charge in [0.05, 0.1) is 0 Å². The van der Waals surface area contributed by atoms with Gasteiger partial charge in [0.2, 0.25) is 0 Å². The lowest BCUT2D eigenvalue weighted by molar-refractivity contribution is 0.103. The molecule has 3 aromatic rings. The number of Topliss-reactive ketones (excluding diaryl/α,β-unsaturated/α-hetero) is 1. The summed E-state index contributed by atoms with van der Waals surface area (Å²) >= 11 is 0. The number of carbonyl (C=O) groups is 1. The first-order valence-electron chi connectivity index (χ1n) is 8.05. The Morgan fingerprint density at radius 1 is 0.667 bits per heavy atom. The molecule has 0 radical (unpaired) electrons. The quantitative estimate of drug-likeness (QED) is 0.416. The highest BCUT2D eigenvalue weighted by molar-refractivity contribution is 6.08. The van der Waals surface area contributed by atoms with E-state index in [4.69, 9.17) is 0 Å². The van der Waals surface area contributed by atoms with Crippen LogP contribution in [0.5, 0.6) is 0 Å². The van der Waals surface area contributed by atoms with Crippen molar-refractivity contribution in [1.82, 2.24) is 0 Å². The Kier molecular flexibility index (Phi) is 6.73. The van der Waals surface area contributed by atoms with Gasteiger partial charge in [-0.25, -0.2) is 0 Å².